The highest BCUT2D eigenvalue weighted by atomic mass is 19.1. The molecule has 18 heavy (non-hydrogen) atoms. The predicted octanol–water partition coefficient (Wildman–Crippen LogP) is 2.51. The van der Waals surface area contributed by atoms with Gasteiger partial charge in [0.2, 0.25) is 0 Å². The van der Waals surface area contributed by atoms with Crippen molar-refractivity contribution in [2.75, 3.05) is 7.11 Å². The highest BCUT2D eigenvalue weighted by Gasteiger charge is 2.36. The highest BCUT2D eigenvalue weighted by molar-refractivity contribution is 5.68. The number of ether oxygens (including phenoxy) is 1. The van der Waals surface area contributed by atoms with E-state index >= 15 is 0 Å². The van der Waals surface area contributed by atoms with Crippen LogP contribution in [0.2, 0.25) is 0 Å². The minimum Gasteiger partial charge on any atom is -0.502 e. The maximum atomic E-state index is 14.0. The van der Waals surface area contributed by atoms with E-state index in [-0.39, 0.29) is 29.6 Å². The van der Waals surface area contributed by atoms with Crippen molar-refractivity contribution in [1.82, 2.24) is 0 Å². The number of carboxylic acid groups (broad SMARTS) is 1. The Morgan fingerprint density at radius 1 is 1.56 bits per heavy atom. The van der Waals surface area contributed by atoms with Crippen LogP contribution in [0.25, 0.3) is 0 Å². The van der Waals surface area contributed by atoms with Crippen molar-refractivity contribution in [3.05, 3.63) is 23.5 Å². The van der Waals surface area contributed by atoms with Gasteiger partial charge in [-0.3, -0.25) is 4.79 Å². The number of phenolic OH excluding ortho intramolecular Hbond substituents is 1. The molecular formula is C13H15FO4. The fraction of sp³-hybridized carbons (Fsp3) is 0.462. The van der Waals surface area contributed by atoms with Crippen LogP contribution in [0.5, 0.6) is 11.5 Å². The Balaban J connectivity index is 2.35. The number of hydrogen-bond donors (Lipinski definition) is 2. The molecule has 1 aliphatic rings. The molecule has 0 amide bonds. The Bertz CT molecular complexity index is 468. The molecule has 2 N–H and O–H groups in total. The van der Waals surface area contributed by atoms with Gasteiger partial charge in [0.15, 0.2) is 17.3 Å². The average Bonchev–Trinajstić information content (AvgIpc) is 3.14. The number of halogens is 1. The number of carboxylic acids is 1. The first kappa shape index (κ1) is 12.7. The third-order valence-electron chi connectivity index (χ3n) is 3.31. The van der Waals surface area contributed by atoms with E-state index < -0.39 is 17.5 Å². The molecule has 98 valence electrons. The largest absolute Gasteiger partial charge is 0.502 e. The van der Waals surface area contributed by atoms with Crippen LogP contribution in [0.15, 0.2) is 12.1 Å². The molecule has 4 nitrogen and oxygen atoms in total. The maximum Gasteiger partial charge on any atom is 0.303 e. The number of aromatic hydroxyl groups is 1. The van der Waals surface area contributed by atoms with Gasteiger partial charge in [0.05, 0.1) is 13.5 Å². The van der Waals surface area contributed by atoms with E-state index in [1.165, 1.54) is 19.2 Å². The van der Waals surface area contributed by atoms with Gasteiger partial charge in [-0.15, -0.1) is 0 Å². The van der Waals surface area contributed by atoms with Crippen molar-refractivity contribution in [3.8, 4) is 11.5 Å². The fourth-order valence-electron chi connectivity index (χ4n) is 2.23. The Hall–Kier alpha value is -1.78. The average molecular weight is 254 g/mol. The van der Waals surface area contributed by atoms with Gasteiger partial charge in [-0.05, 0) is 30.4 Å². The van der Waals surface area contributed by atoms with Gasteiger partial charge in [0.1, 0.15) is 0 Å². The molecule has 0 bridgehead atoms. The summed E-state index contributed by atoms with van der Waals surface area (Å²) < 4.78 is 18.8. The van der Waals surface area contributed by atoms with Crippen molar-refractivity contribution in [2.45, 2.75) is 25.2 Å². The first-order chi connectivity index (χ1) is 8.54. The van der Waals surface area contributed by atoms with E-state index in [1.807, 2.05) is 0 Å². The summed E-state index contributed by atoms with van der Waals surface area (Å²) >= 11 is 0. The third-order valence-corrected chi connectivity index (χ3v) is 3.31. The summed E-state index contributed by atoms with van der Waals surface area (Å²) in [5.74, 6) is -2.40. The van der Waals surface area contributed by atoms with Crippen LogP contribution in [-0.2, 0) is 4.79 Å². The molecule has 1 atom stereocenters. The second kappa shape index (κ2) is 4.84. The van der Waals surface area contributed by atoms with E-state index in [9.17, 15) is 14.3 Å². The van der Waals surface area contributed by atoms with Crippen molar-refractivity contribution in [2.24, 2.45) is 5.92 Å². The molecule has 1 unspecified atom stereocenters. The molecule has 0 saturated heterocycles. The SMILES string of the molecule is COc1ccc(C(CC(=O)O)C2CC2)c(F)c1O. The van der Waals surface area contributed by atoms with Gasteiger partial charge in [-0.25, -0.2) is 4.39 Å². The molecule has 0 radical (unpaired) electrons. The van der Waals surface area contributed by atoms with Crippen LogP contribution >= 0.6 is 0 Å². The van der Waals surface area contributed by atoms with Gasteiger partial charge in [-0.1, -0.05) is 6.07 Å². The van der Waals surface area contributed by atoms with Crippen molar-refractivity contribution in [1.29, 1.82) is 0 Å². The zero-order chi connectivity index (χ0) is 13.3. The van der Waals surface area contributed by atoms with Crippen LogP contribution in [-0.4, -0.2) is 23.3 Å². The lowest BCUT2D eigenvalue weighted by Gasteiger charge is -2.17. The molecule has 5 heteroatoms. The molecule has 0 aliphatic heterocycles. The van der Waals surface area contributed by atoms with E-state index in [1.54, 1.807) is 0 Å². The van der Waals surface area contributed by atoms with Gasteiger partial charge >= 0.3 is 5.97 Å². The Labute approximate surface area is 104 Å². The van der Waals surface area contributed by atoms with Gasteiger partial charge in [-0.2, -0.15) is 0 Å². The van der Waals surface area contributed by atoms with Crippen LogP contribution in [0.4, 0.5) is 4.39 Å². The number of carbonyl (C=O) groups is 1. The zero-order valence-corrected chi connectivity index (χ0v) is 10.0. The lowest BCUT2D eigenvalue weighted by Crippen LogP contribution is -2.10. The fourth-order valence-corrected chi connectivity index (χ4v) is 2.23. The first-order valence-electron chi connectivity index (χ1n) is 5.81. The molecule has 0 heterocycles. The second-order valence-electron chi connectivity index (χ2n) is 4.56. The Kier molecular flexibility index (Phi) is 3.41. The van der Waals surface area contributed by atoms with Crippen LogP contribution in [0, 0.1) is 11.7 Å². The smallest absolute Gasteiger partial charge is 0.303 e. The summed E-state index contributed by atoms with van der Waals surface area (Å²) in [5.41, 5.74) is 0.262. The number of methoxy groups -OCH3 is 1. The number of rotatable bonds is 5. The highest BCUT2D eigenvalue weighted by Crippen LogP contribution is 2.47. The van der Waals surface area contributed by atoms with Gasteiger partial charge < -0.3 is 14.9 Å². The van der Waals surface area contributed by atoms with E-state index in [4.69, 9.17) is 9.84 Å². The summed E-state index contributed by atoms with van der Waals surface area (Å²) in [5, 5.41) is 18.5. The van der Waals surface area contributed by atoms with Gasteiger partial charge in [0, 0.05) is 5.92 Å². The molecule has 0 aromatic heterocycles. The van der Waals surface area contributed by atoms with Gasteiger partial charge in [0.25, 0.3) is 0 Å². The molecule has 1 aliphatic carbocycles. The minimum absolute atomic E-state index is 0.0566. The van der Waals surface area contributed by atoms with Crippen molar-refractivity contribution in [3.63, 3.8) is 0 Å². The monoisotopic (exact) mass is 254 g/mol. The topological polar surface area (TPSA) is 66.8 Å². The standard InChI is InChI=1S/C13H15FO4/c1-18-10-5-4-8(12(14)13(10)17)9(6-11(15)16)7-2-3-7/h4-5,7,9,17H,2-3,6H2,1H3,(H,15,16). The molecule has 1 aromatic carbocycles. The van der Waals surface area contributed by atoms with Crippen LogP contribution in [0.1, 0.15) is 30.7 Å². The number of aliphatic carboxylic acids is 1. The summed E-state index contributed by atoms with van der Waals surface area (Å²) in [6.07, 6.45) is 1.70. The summed E-state index contributed by atoms with van der Waals surface area (Å²) in [6.45, 7) is 0. The normalized spacial score (nSPS) is 16.3. The number of hydrogen-bond acceptors (Lipinski definition) is 3. The molecule has 0 spiro atoms. The van der Waals surface area contributed by atoms with Crippen molar-refractivity contribution < 1.29 is 24.1 Å². The van der Waals surface area contributed by atoms with E-state index in [0.717, 1.165) is 12.8 Å². The molecule has 2 rings (SSSR count). The minimum atomic E-state index is -0.957. The van der Waals surface area contributed by atoms with E-state index in [0.29, 0.717) is 0 Å². The molecule has 1 saturated carbocycles. The van der Waals surface area contributed by atoms with Crippen LogP contribution in [0.3, 0.4) is 0 Å². The summed E-state index contributed by atoms with van der Waals surface area (Å²) in [6, 6.07) is 2.96. The molecular weight excluding hydrogens is 239 g/mol. The first-order valence-corrected chi connectivity index (χ1v) is 5.81. The maximum absolute atomic E-state index is 14.0. The predicted molar refractivity (Wildman–Crippen MR) is 62.3 cm³/mol. The number of phenols is 1. The summed E-state index contributed by atoms with van der Waals surface area (Å²) in [4.78, 5) is 10.8. The Morgan fingerprint density at radius 2 is 2.22 bits per heavy atom. The lowest BCUT2D eigenvalue weighted by atomic mass is 9.90. The lowest BCUT2D eigenvalue weighted by molar-refractivity contribution is -0.137. The molecule has 1 fully saturated rings. The quantitative estimate of drug-likeness (QED) is 0.847. The van der Waals surface area contributed by atoms with E-state index in [2.05, 4.69) is 0 Å². The summed E-state index contributed by atoms with van der Waals surface area (Å²) in [7, 11) is 1.34. The zero-order valence-electron chi connectivity index (χ0n) is 10.0. The van der Waals surface area contributed by atoms with Crippen molar-refractivity contribution >= 4 is 5.97 Å². The second-order valence-corrected chi connectivity index (χ2v) is 4.56. The van der Waals surface area contributed by atoms with Crippen LogP contribution < -0.4 is 4.74 Å². The third kappa shape index (κ3) is 2.39. The number of benzene rings is 1. The molecule has 1 aromatic rings. The Morgan fingerprint density at radius 3 is 2.72 bits per heavy atom.